The van der Waals surface area contributed by atoms with Crippen molar-refractivity contribution in [3.8, 4) is 0 Å². The zero-order valence-corrected chi connectivity index (χ0v) is 16.4. The number of nitrogens with one attached hydrogen (secondary N) is 1. The first kappa shape index (κ1) is 18.1. The molecule has 2 unspecified atom stereocenters. The number of fused-ring (bicyclic) bond motifs is 1. The van der Waals surface area contributed by atoms with Gasteiger partial charge in [-0.15, -0.1) is 0 Å². The summed E-state index contributed by atoms with van der Waals surface area (Å²) >= 11 is 0. The van der Waals surface area contributed by atoms with Crippen molar-refractivity contribution in [3.63, 3.8) is 0 Å². The van der Waals surface area contributed by atoms with Gasteiger partial charge in [0.25, 0.3) is 0 Å². The van der Waals surface area contributed by atoms with E-state index in [2.05, 4.69) is 54.7 Å². The number of rotatable bonds is 3. The standard InChI is InChI=1S/C24H30N2O/c1-17-16-23(22-10-6-7-11-24(22)26(17)18(2)27)25-21-14-12-20(13-15-21)19-8-4-3-5-9-19/h6-7,10-15,17,19,23,25H,3-5,8-9,16H2,1-2H3. The topological polar surface area (TPSA) is 32.3 Å². The van der Waals surface area contributed by atoms with Crippen molar-refractivity contribution in [2.45, 2.75) is 70.4 Å². The summed E-state index contributed by atoms with van der Waals surface area (Å²) in [7, 11) is 0. The van der Waals surface area contributed by atoms with Crippen LogP contribution in [-0.4, -0.2) is 11.9 Å². The van der Waals surface area contributed by atoms with Gasteiger partial charge in [-0.3, -0.25) is 4.79 Å². The summed E-state index contributed by atoms with van der Waals surface area (Å²) in [6.07, 6.45) is 7.72. The molecule has 2 aromatic rings. The minimum absolute atomic E-state index is 0.116. The molecule has 0 bridgehead atoms. The second-order valence-corrected chi connectivity index (χ2v) is 8.19. The number of carbonyl (C=O) groups is 1. The Hall–Kier alpha value is -2.29. The van der Waals surface area contributed by atoms with Gasteiger partial charge in [-0.2, -0.15) is 0 Å². The fraction of sp³-hybridized carbons (Fsp3) is 0.458. The van der Waals surface area contributed by atoms with Crippen molar-refractivity contribution in [3.05, 3.63) is 59.7 Å². The Bertz CT molecular complexity index is 792. The molecule has 1 aliphatic heterocycles. The quantitative estimate of drug-likeness (QED) is 0.723. The molecule has 2 aliphatic rings. The molecule has 0 radical (unpaired) electrons. The van der Waals surface area contributed by atoms with E-state index in [1.807, 2.05) is 11.0 Å². The summed E-state index contributed by atoms with van der Waals surface area (Å²) in [5.41, 5.74) is 4.90. The van der Waals surface area contributed by atoms with Gasteiger partial charge >= 0.3 is 0 Å². The fourth-order valence-electron chi connectivity index (χ4n) is 4.92. The highest BCUT2D eigenvalue weighted by Crippen LogP contribution is 2.39. The second kappa shape index (κ2) is 7.75. The van der Waals surface area contributed by atoms with E-state index < -0.39 is 0 Å². The lowest BCUT2D eigenvalue weighted by molar-refractivity contribution is -0.117. The van der Waals surface area contributed by atoms with Crippen LogP contribution in [0, 0.1) is 0 Å². The normalized spacial score (nSPS) is 23.0. The van der Waals surface area contributed by atoms with E-state index in [-0.39, 0.29) is 18.0 Å². The molecular formula is C24H30N2O. The van der Waals surface area contributed by atoms with Gasteiger partial charge in [0.15, 0.2) is 0 Å². The summed E-state index contributed by atoms with van der Waals surface area (Å²) in [5, 5.41) is 3.72. The van der Waals surface area contributed by atoms with Crippen molar-refractivity contribution in [2.24, 2.45) is 0 Å². The van der Waals surface area contributed by atoms with Gasteiger partial charge in [0, 0.05) is 24.3 Å². The SMILES string of the molecule is CC(=O)N1c2ccccc2C(Nc2ccc(C3CCCCC3)cc2)CC1C. The Morgan fingerprint density at radius 3 is 2.41 bits per heavy atom. The van der Waals surface area contributed by atoms with Crippen LogP contribution in [0.3, 0.4) is 0 Å². The van der Waals surface area contributed by atoms with E-state index in [0.29, 0.717) is 0 Å². The molecule has 1 amide bonds. The zero-order valence-electron chi connectivity index (χ0n) is 16.4. The van der Waals surface area contributed by atoms with Gasteiger partial charge in [0.05, 0.1) is 6.04 Å². The maximum absolute atomic E-state index is 12.1. The fourth-order valence-corrected chi connectivity index (χ4v) is 4.92. The second-order valence-electron chi connectivity index (χ2n) is 8.19. The first-order valence-corrected chi connectivity index (χ1v) is 10.4. The average molecular weight is 363 g/mol. The Labute approximate surface area is 162 Å². The van der Waals surface area contributed by atoms with Crippen LogP contribution in [0.4, 0.5) is 11.4 Å². The molecule has 1 N–H and O–H groups in total. The van der Waals surface area contributed by atoms with E-state index in [0.717, 1.165) is 23.7 Å². The third-order valence-corrected chi connectivity index (χ3v) is 6.26. The van der Waals surface area contributed by atoms with Crippen molar-refractivity contribution in [1.29, 1.82) is 0 Å². The number of anilines is 2. The number of amides is 1. The first-order valence-electron chi connectivity index (χ1n) is 10.4. The number of hydrogen-bond acceptors (Lipinski definition) is 2. The molecule has 142 valence electrons. The molecule has 1 saturated carbocycles. The Morgan fingerprint density at radius 1 is 1.00 bits per heavy atom. The van der Waals surface area contributed by atoms with Gasteiger partial charge in [-0.05, 0) is 61.4 Å². The molecule has 0 aromatic heterocycles. The lowest BCUT2D eigenvalue weighted by Gasteiger charge is -2.39. The van der Waals surface area contributed by atoms with Crippen LogP contribution >= 0.6 is 0 Å². The molecule has 27 heavy (non-hydrogen) atoms. The monoisotopic (exact) mass is 362 g/mol. The molecule has 3 nitrogen and oxygen atoms in total. The number of benzene rings is 2. The van der Waals surface area contributed by atoms with Crippen molar-refractivity contribution < 1.29 is 4.79 Å². The molecule has 4 rings (SSSR count). The molecule has 2 atom stereocenters. The van der Waals surface area contributed by atoms with Gasteiger partial charge < -0.3 is 10.2 Å². The van der Waals surface area contributed by atoms with Gasteiger partial charge in [-0.1, -0.05) is 49.6 Å². The molecule has 2 aromatic carbocycles. The summed E-state index contributed by atoms with van der Waals surface area (Å²) in [5.74, 6) is 0.859. The van der Waals surface area contributed by atoms with E-state index in [1.165, 1.54) is 43.2 Å². The lowest BCUT2D eigenvalue weighted by atomic mass is 9.84. The van der Waals surface area contributed by atoms with E-state index in [4.69, 9.17) is 0 Å². The molecule has 0 spiro atoms. The highest BCUT2D eigenvalue weighted by Gasteiger charge is 2.32. The van der Waals surface area contributed by atoms with Crippen LogP contribution in [0.25, 0.3) is 0 Å². The number of para-hydroxylation sites is 1. The number of nitrogens with zero attached hydrogens (tertiary/aromatic N) is 1. The maximum atomic E-state index is 12.1. The van der Waals surface area contributed by atoms with E-state index in [9.17, 15) is 4.79 Å². The van der Waals surface area contributed by atoms with Crippen molar-refractivity contribution in [1.82, 2.24) is 0 Å². The van der Waals surface area contributed by atoms with Crippen LogP contribution < -0.4 is 10.2 Å². The Kier molecular flexibility index (Phi) is 5.20. The molecule has 0 saturated heterocycles. The van der Waals surface area contributed by atoms with Crippen LogP contribution in [0.1, 0.15) is 75.5 Å². The van der Waals surface area contributed by atoms with Crippen LogP contribution in [-0.2, 0) is 4.79 Å². The lowest BCUT2D eigenvalue weighted by Crippen LogP contribution is -2.43. The highest BCUT2D eigenvalue weighted by molar-refractivity contribution is 5.93. The summed E-state index contributed by atoms with van der Waals surface area (Å²) in [6, 6.07) is 17.8. The number of carbonyl (C=O) groups excluding carboxylic acids is 1. The minimum Gasteiger partial charge on any atom is -0.378 e. The third-order valence-electron chi connectivity index (χ3n) is 6.26. The molecule has 1 heterocycles. The molecule has 1 fully saturated rings. The number of hydrogen-bond donors (Lipinski definition) is 1. The van der Waals surface area contributed by atoms with Crippen LogP contribution in [0.15, 0.2) is 48.5 Å². The van der Waals surface area contributed by atoms with E-state index in [1.54, 1.807) is 6.92 Å². The summed E-state index contributed by atoms with van der Waals surface area (Å²) < 4.78 is 0. The zero-order chi connectivity index (χ0) is 18.8. The smallest absolute Gasteiger partial charge is 0.224 e. The first-order chi connectivity index (χ1) is 13.1. The van der Waals surface area contributed by atoms with Crippen LogP contribution in [0.5, 0.6) is 0 Å². The van der Waals surface area contributed by atoms with Gasteiger partial charge in [-0.25, -0.2) is 0 Å². The molecular weight excluding hydrogens is 332 g/mol. The van der Waals surface area contributed by atoms with Gasteiger partial charge in [0.2, 0.25) is 5.91 Å². The summed E-state index contributed by atoms with van der Waals surface area (Å²) in [6.45, 7) is 3.79. The Balaban J connectivity index is 1.53. The van der Waals surface area contributed by atoms with Crippen LogP contribution in [0.2, 0.25) is 0 Å². The predicted octanol–water partition coefficient (Wildman–Crippen LogP) is 6.03. The predicted molar refractivity (Wildman–Crippen MR) is 112 cm³/mol. The van der Waals surface area contributed by atoms with Crippen molar-refractivity contribution >= 4 is 17.3 Å². The molecule has 1 aliphatic carbocycles. The van der Waals surface area contributed by atoms with Crippen molar-refractivity contribution in [2.75, 3.05) is 10.2 Å². The largest absolute Gasteiger partial charge is 0.378 e. The highest BCUT2D eigenvalue weighted by atomic mass is 16.2. The molecule has 3 heteroatoms. The maximum Gasteiger partial charge on any atom is 0.224 e. The Morgan fingerprint density at radius 2 is 1.70 bits per heavy atom. The van der Waals surface area contributed by atoms with E-state index >= 15 is 0 Å². The third kappa shape index (κ3) is 3.73. The summed E-state index contributed by atoms with van der Waals surface area (Å²) in [4.78, 5) is 14.1. The minimum atomic E-state index is 0.116. The average Bonchev–Trinajstić information content (AvgIpc) is 2.69. The van der Waals surface area contributed by atoms with Gasteiger partial charge in [0.1, 0.15) is 0 Å².